The fourth-order valence-electron chi connectivity index (χ4n) is 2.09. The summed E-state index contributed by atoms with van der Waals surface area (Å²) in [4.78, 5) is 11.7. The topological polar surface area (TPSA) is 81.1 Å². The van der Waals surface area contributed by atoms with Crippen molar-refractivity contribution in [3.8, 4) is 0 Å². The van der Waals surface area contributed by atoms with Crippen molar-refractivity contribution in [1.82, 2.24) is 9.78 Å². The van der Waals surface area contributed by atoms with Crippen LogP contribution < -0.4 is 5.32 Å². The van der Waals surface area contributed by atoms with Gasteiger partial charge in [0.25, 0.3) is 0 Å². The van der Waals surface area contributed by atoms with E-state index in [0.717, 1.165) is 0 Å². The molecule has 0 unspecified atom stereocenters. The summed E-state index contributed by atoms with van der Waals surface area (Å²) < 4.78 is 24.6. The molecule has 6 nitrogen and oxygen atoms in total. The first-order valence-electron chi connectivity index (χ1n) is 6.36. The van der Waals surface area contributed by atoms with Gasteiger partial charge in [0.1, 0.15) is 5.82 Å². The minimum absolute atomic E-state index is 0.0754. The van der Waals surface area contributed by atoms with Gasteiger partial charge in [-0.1, -0.05) is 18.2 Å². The smallest absolute Gasteiger partial charge is 0.249 e. The lowest BCUT2D eigenvalue weighted by atomic mass is 10.3. The summed E-state index contributed by atoms with van der Waals surface area (Å²) in [5.41, 5.74) is 0. The SMILES string of the molecule is C/C=C/C=C/C(=O)Nc1ccnn1[C@@H]1CCS(=O)(=O)C1. The molecule has 108 valence electrons. The minimum Gasteiger partial charge on any atom is -0.307 e. The molecular weight excluding hydrogens is 278 g/mol. The van der Waals surface area contributed by atoms with Gasteiger partial charge in [0.15, 0.2) is 9.84 Å². The van der Waals surface area contributed by atoms with Gasteiger partial charge in [0.05, 0.1) is 23.7 Å². The molecule has 7 heteroatoms. The summed E-state index contributed by atoms with van der Waals surface area (Å²) >= 11 is 0. The summed E-state index contributed by atoms with van der Waals surface area (Å²) in [5.74, 6) is 0.492. The monoisotopic (exact) mass is 295 g/mol. The zero-order valence-corrected chi connectivity index (χ0v) is 12.0. The maximum Gasteiger partial charge on any atom is 0.249 e. The van der Waals surface area contributed by atoms with Gasteiger partial charge in [0.2, 0.25) is 5.91 Å². The van der Waals surface area contributed by atoms with E-state index in [0.29, 0.717) is 12.2 Å². The van der Waals surface area contributed by atoms with E-state index in [4.69, 9.17) is 0 Å². The zero-order chi connectivity index (χ0) is 14.6. The molecule has 2 heterocycles. The molecule has 1 aromatic heterocycles. The largest absolute Gasteiger partial charge is 0.307 e. The van der Waals surface area contributed by atoms with Gasteiger partial charge < -0.3 is 5.32 Å². The van der Waals surface area contributed by atoms with Crippen molar-refractivity contribution in [2.45, 2.75) is 19.4 Å². The summed E-state index contributed by atoms with van der Waals surface area (Å²) in [6.07, 6.45) is 8.69. The van der Waals surface area contributed by atoms with Crippen molar-refractivity contribution in [3.63, 3.8) is 0 Å². The van der Waals surface area contributed by atoms with Gasteiger partial charge in [-0.25, -0.2) is 13.1 Å². The van der Waals surface area contributed by atoms with E-state index in [9.17, 15) is 13.2 Å². The van der Waals surface area contributed by atoms with Crippen LogP contribution in [0.1, 0.15) is 19.4 Å². The highest BCUT2D eigenvalue weighted by atomic mass is 32.2. The number of allylic oxidation sites excluding steroid dienone is 3. The van der Waals surface area contributed by atoms with Crippen molar-refractivity contribution in [3.05, 3.63) is 36.6 Å². The van der Waals surface area contributed by atoms with E-state index in [1.54, 1.807) is 29.1 Å². The van der Waals surface area contributed by atoms with Gasteiger partial charge in [-0.3, -0.25) is 4.79 Å². The van der Waals surface area contributed by atoms with E-state index in [-0.39, 0.29) is 23.5 Å². The summed E-state index contributed by atoms with van der Waals surface area (Å²) in [6.45, 7) is 1.86. The van der Waals surface area contributed by atoms with Gasteiger partial charge in [-0.2, -0.15) is 5.10 Å². The summed E-state index contributed by atoms with van der Waals surface area (Å²) in [7, 11) is -2.98. The van der Waals surface area contributed by atoms with Crippen molar-refractivity contribution in [1.29, 1.82) is 0 Å². The fourth-order valence-corrected chi connectivity index (χ4v) is 3.79. The molecule has 1 saturated heterocycles. The van der Waals surface area contributed by atoms with Crippen molar-refractivity contribution < 1.29 is 13.2 Å². The maximum atomic E-state index is 11.7. The van der Waals surface area contributed by atoms with Crippen LogP contribution in [0, 0.1) is 0 Å². The Kier molecular flexibility index (Phi) is 4.39. The molecule has 2 rings (SSSR count). The highest BCUT2D eigenvalue weighted by molar-refractivity contribution is 7.91. The van der Waals surface area contributed by atoms with Crippen LogP contribution in [0.3, 0.4) is 0 Å². The molecule has 0 bridgehead atoms. The molecule has 1 aromatic rings. The molecule has 1 aliphatic heterocycles. The quantitative estimate of drug-likeness (QED) is 0.671. The van der Waals surface area contributed by atoms with Crippen molar-refractivity contribution in [2.24, 2.45) is 0 Å². The average molecular weight is 295 g/mol. The lowest BCUT2D eigenvalue weighted by molar-refractivity contribution is -0.111. The first-order chi connectivity index (χ1) is 9.52. The second-order valence-corrected chi connectivity index (χ2v) is 6.82. The number of nitrogens with one attached hydrogen (secondary N) is 1. The fraction of sp³-hybridized carbons (Fsp3) is 0.385. The Bertz CT molecular complexity index is 644. The summed E-state index contributed by atoms with van der Waals surface area (Å²) in [5, 5.41) is 6.81. The number of anilines is 1. The highest BCUT2D eigenvalue weighted by Gasteiger charge is 2.30. The molecule has 0 radical (unpaired) electrons. The number of nitrogens with zero attached hydrogens (tertiary/aromatic N) is 2. The van der Waals surface area contributed by atoms with E-state index in [2.05, 4.69) is 10.4 Å². The number of hydrogen-bond acceptors (Lipinski definition) is 4. The average Bonchev–Trinajstić information content (AvgIpc) is 2.96. The third-order valence-corrected chi connectivity index (χ3v) is 4.78. The molecule has 0 aliphatic carbocycles. The summed E-state index contributed by atoms with van der Waals surface area (Å²) in [6, 6.07) is 1.46. The van der Waals surface area contributed by atoms with Gasteiger partial charge in [-0.15, -0.1) is 0 Å². The number of amides is 1. The Hall–Kier alpha value is -1.89. The number of aromatic nitrogens is 2. The normalized spacial score (nSPS) is 21.8. The first-order valence-corrected chi connectivity index (χ1v) is 8.18. The molecule has 1 aliphatic rings. The van der Waals surface area contributed by atoms with Crippen LogP contribution in [-0.4, -0.2) is 35.6 Å². The molecule has 20 heavy (non-hydrogen) atoms. The molecule has 0 aromatic carbocycles. The van der Waals surface area contributed by atoms with E-state index in [1.807, 2.05) is 13.0 Å². The Morgan fingerprint density at radius 3 is 2.95 bits per heavy atom. The van der Waals surface area contributed by atoms with E-state index < -0.39 is 9.84 Å². The third kappa shape index (κ3) is 3.57. The molecule has 1 fully saturated rings. The van der Waals surface area contributed by atoms with Crippen molar-refractivity contribution in [2.75, 3.05) is 16.8 Å². The molecule has 0 saturated carbocycles. The Morgan fingerprint density at radius 2 is 2.30 bits per heavy atom. The molecule has 1 atom stereocenters. The Labute approximate surface area is 118 Å². The second-order valence-electron chi connectivity index (χ2n) is 4.59. The lowest BCUT2D eigenvalue weighted by Gasteiger charge is -2.12. The van der Waals surface area contributed by atoms with Gasteiger partial charge in [0, 0.05) is 12.1 Å². The number of hydrogen-bond donors (Lipinski definition) is 1. The number of sulfone groups is 1. The minimum atomic E-state index is -2.98. The molecular formula is C13H17N3O3S. The predicted molar refractivity (Wildman–Crippen MR) is 77.1 cm³/mol. The lowest BCUT2D eigenvalue weighted by Crippen LogP contribution is -2.18. The second kappa shape index (κ2) is 6.04. The Balaban J connectivity index is 2.08. The van der Waals surface area contributed by atoms with Crippen LogP contribution in [-0.2, 0) is 14.6 Å². The molecule has 1 amide bonds. The maximum absolute atomic E-state index is 11.7. The van der Waals surface area contributed by atoms with Gasteiger partial charge >= 0.3 is 0 Å². The van der Waals surface area contributed by atoms with Crippen LogP contribution >= 0.6 is 0 Å². The standard InChI is InChI=1S/C13H17N3O3S/c1-2-3-4-5-13(17)15-12-6-8-14-16(12)11-7-9-20(18,19)10-11/h2-6,8,11H,7,9-10H2,1H3,(H,15,17)/b3-2+,5-4+/t11-/m1/s1. The van der Waals surface area contributed by atoms with Crippen LogP contribution in [0.25, 0.3) is 0 Å². The van der Waals surface area contributed by atoms with E-state index in [1.165, 1.54) is 6.08 Å². The number of carbonyl (C=O) groups excluding carboxylic acids is 1. The molecule has 1 N–H and O–H groups in total. The van der Waals surface area contributed by atoms with Crippen LogP contribution in [0.5, 0.6) is 0 Å². The van der Waals surface area contributed by atoms with Gasteiger partial charge in [-0.05, 0) is 13.3 Å². The number of rotatable bonds is 4. The predicted octanol–water partition coefficient (Wildman–Crippen LogP) is 1.31. The van der Waals surface area contributed by atoms with Crippen LogP contribution in [0.2, 0.25) is 0 Å². The Morgan fingerprint density at radius 1 is 1.50 bits per heavy atom. The van der Waals surface area contributed by atoms with E-state index >= 15 is 0 Å². The highest BCUT2D eigenvalue weighted by Crippen LogP contribution is 2.26. The zero-order valence-electron chi connectivity index (χ0n) is 11.2. The molecule has 0 spiro atoms. The van der Waals surface area contributed by atoms with Crippen LogP contribution in [0.4, 0.5) is 5.82 Å². The first kappa shape index (κ1) is 14.5. The van der Waals surface area contributed by atoms with Crippen LogP contribution in [0.15, 0.2) is 36.6 Å². The van der Waals surface area contributed by atoms with Crippen molar-refractivity contribution >= 4 is 21.6 Å². The number of carbonyl (C=O) groups is 1. The third-order valence-electron chi connectivity index (χ3n) is 3.03.